The quantitative estimate of drug-likeness (QED) is 0.822. The van der Waals surface area contributed by atoms with Gasteiger partial charge in [0.05, 0.1) is 19.2 Å². The Bertz CT molecular complexity index is 640. The number of hydrogen-bond acceptors (Lipinski definition) is 3. The van der Waals surface area contributed by atoms with E-state index in [1.165, 1.54) is 0 Å². The predicted octanol–water partition coefficient (Wildman–Crippen LogP) is 3.15. The molecule has 0 unspecified atom stereocenters. The van der Waals surface area contributed by atoms with Crippen molar-refractivity contribution in [3.8, 4) is 11.5 Å². The van der Waals surface area contributed by atoms with Gasteiger partial charge in [0.1, 0.15) is 18.1 Å². The van der Waals surface area contributed by atoms with Crippen LogP contribution in [0.4, 0.5) is 0 Å². The van der Waals surface area contributed by atoms with Gasteiger partial charge >= 0.3 is 0 Å². The largest absolute Gasteiger partial charge is 0.496 e. The molecule has 2 rings (SSSR count). The fourth-order valence-corrected chi connectivity index (χ4v) is 2.14. The van der Waals surface area contributed by atoms with E-state index in [9.17, 15) is 4.79 Å². The van der Waals surface area contributed by atoms with Crippen LogP contribution in [0.2, 0.25) is 0 Å². The maximum atomic E-state index is 12.4. The van der Waals surface area contributed by atoms with E-state index in [1.54, 1.807) is 31.2 Å². The van der Waals surface area contributed by atoms with Gasteiger partial charge < -0.3 is 14.4 Å². The monoisotopic (exact) mass is 299 g/mol. The van der Waals surface area contributed by atoms with Gasteiger partial charge in [-0.2, -0.15) is 0 Å². The second-order valence-corrected chi connectivity index (χ2v) is 5.04. The summed E-state index contributed by atoms with van der Waals surface area (Å²) in [4.78, 5) is 14.1. The normalized spacial score (nSPS) is 10.1. The number of para-hydroxylation sites is 2. The minimum absolute atomic E-state index is 0.0779. The number of ether oxygens (including phenoxy) is 2. The average molecular weight is 299 g/mol. The molecular weight excluding hydrogens is 278 g/mol. The highest BCUT2D eigenvalue weighted by Gasteiger charge is 2.15. The van der Waals surface area contributed by atoms with E-state index in [1.807, 2.05) is 43.3 Å². The number of hydrogen-bond donors (Lipinski definition) is 0. The van der Waals surface area contributed by atoms with Gasteiger partial charge in [0.2, 0.25) is 0 Å². The number of rotatable bonds is 6. The zero-order valence-electron chi connectivity index (χ0n) is 13.2. The van der Waals surface area contributed by atoms with Crippen LogP contribution < -0.4 is 9.47 Å². The maximum absolute atomic E-state index is 12.4. The van der Waals surface area contributed by atoms with Crippen molar-refractivity contribution in [2.45, 2.75) is 6.92 Å². The second-order valence-electron chi connectivity index (χ2n) is 5.04. The number of aryl methyl sites for hydroxylation is 1. The molecule has 2 aromatic rings. The molecule has 116 valence electrons. The highest BCUT2D eigenvalue weighted by molar-refractivity contribution is 5.96. The Morgan fingerprint density at radius 2 is 1.68 bits per heavy atom. The van der Waals surface area contributed by atoms with Gasteiger partial charge in [-0.25, -0.2) is 0 Å². The number of likely N-dealkylation sites (N-methyl/N-ethyl adjacent to an activating group) is 1. The first-order chi connectivity index (χ1) is 10.6. The molecule has 2 aromatic carbocycles. The first-order valence-corrected chi connectivity index (χ1v) is 7.20. The third kappa shape index (κ3) is 3.79. The lowest BCUT2D eigenvalue weighted by Crippen LogP contribution is -2.31. The van der Waals surface area contributed by atoms with Crippen molar-refractivity contribution in [3.05, 3.63) is 59.7 Å². The zero-order valence-corrected chi connectivity index (χ0v) is 13.2. The molecule has 0 bridgehead atoms. The van der Waals surface area contributed by atoms with Crippen molar-refractivity contribution >= 4 is 5.91 Å². The summed E-state index contributed by atoms with van der Waals surface area (Å²) < 4.78 is 11.0. The van der Waals surface area contributed by atoms with Gasteiger partial charge in [-0.3, -0.25) is 4.79 Å². The number of amides is 1. The van der Waals surface area contributed by atoms with Crippen LogP contribution in [0.3, 0.4) is 0 Å². The minimum Gasteiger partial charge on any atom is -0.496 e. The molecule has 0 saturated heterocycles. The average Bonchev–Trinajstić information content (AvgIpc) is 2.55. The van der Waals surface area contributed by atoms with Crippen LogP contribution in [0.15, 0.2) is 48.5 Å². The molecule has 22 heavy (non-hydrogen) atoms. The van der Waals surface area contributed by atoms with Crippen molar-refractivity contribution in [1.29, 1.82) is 0 Å². The van der Waals surface area contributed by atoms with Crippen LogP contribution in [-0.4, -0.2) is 38.1 Å². The summed E-state index contributed by atoms with van der Waals surface area (Å²) in [7, 11) is 3.32. The third-order valence-electron chi connectivity index (χ3n) is 3.46. The molecule has 0 N–H and O–H groups in total. The SMILES string of the molecule is COc1ccccc1C(=O)N(C)CCOc1ccccc1C. The molecule has 0 aliphatic carbocycles. The fraction of sp³-hybridized carbons (Fsp3) is 0.278. The summed E-state index contributed by atoms with van der Waals surface area (Å²) in [6.07, 6.45) is 0. The Morgan fingerprint density at radius 1 is 1.05 bits per heavy atom. The van der Waals surface area contributed by atoms with Gasteiger partial charge in [0.25, 0.3) is 5.91 Å². The molecule has 0 aliphatic rings. The number of carbonyl (C=O) groups excluding carboxylic acids is 1. The van der Waals surface area contributed by atoms with Crippen molar-refractivity contribution in [3.63, 3.8) is 0 Å². The number of methoxy groups -OCH3 is 1. The molecule has 0 radical (unpaired) electrons. The van der Waals surface area contributed by atoms with Gasteiger partial charge in [0.15, 0.2) is 0 Å². The number of nitrogens with zero attached hydrogens (tertiary/aromatic N) is 1. The summed E-state index contributed by atoms with van der Waals surface area (Å²) >= 11 is 0. The predicted molar refractivity (Wildman–Crippen MR) is 86.6 cm³/mol. The topological polar surface area (TPSA) is 38.8 Å². The van der Waals surface area contributed by atoms with Crippen LogP contribution in [-0.2, 0) is 0 Å². The Hall–Kier alpha value is -2.49. The molecule has 0 fully saturated rings. The van der Waals surface area contributed by atoms with Gasteiger partial charge in [0, 0.05) is 7.05 Å². The lowest BCUT2D eigenvalue weighted by molar-refractivity contribution is 0.0770. The van der Waals surface area contributed by atoms with E-state index >= 15 is 0 Å². The van der Waals surface area contributed by atoms with Crippen LogP contribution in [0.5, 0.6) is 11.5 Å². The van der Waals surface area contributed by atoms with Gasteiger partial charge in [-0.05, 0) is 30.7 Å². The highest BCUT2D eigenvalue weighted by Crippen LogP contribution is 2.19. The smallest absolute Gasteiger partial charge is 0.257 e. The molecule has 0 saturated carbocycles. The summed E-state index contributed by atoms with van der Waals surface area (Å²) in [5.74, 6) is 1.35. The summed E-state index contributed by atoms with van der Waals surface area (Å²) in [5.41, 5.74) is 1.64. The lowest BCUT2D eigenvalue weighted by Gasteiger charge is -2.19. The molecule has 1 amide bonds. The lowest BCUT2D eigenvalue weighted by atomic mass is 10.2. The van der Waals surface area contributed by atoms with E-state index in [-0.39, 0.29) is 5.91 Å². The van der Waals surface area contributed by atoms with E-state index < -0.39 is 0 Å². The van der Waals surface area contributed by atoms with E-state index in [0.717, 1.165) is 11.3 Å². The Balaban J connectivity index is 1.93. The summed E-state index contributed by atoms with van der Waals surface area (Å²) in [6, 6.07) is 15.1. The molecule has 0 heterocycles. The molecule has 4 nitrogen and oxygen atoms in total. The number of carbonyl (C=O) groups is 1. The van der Waals surface area contributed by atoms with Crippen LogP contribution in [0.1, 0.15) is 15.9 Å². The van der Waals surface area contributed by atoms with Crippen LogP contribution in [0.25, 0.3) is 0 Å². The Labute approximate surface area is 131 Å². The van der Waals surface area contributed by atoms with Crippen LogP contribution in [0, 0.1) is 6.92 Å². The molecule has 0 aromatic heterocycles. The first kappa shape index (κ1) is 15.9. The van der Waals surface area contributed by atoms with Crippen molar-refractivity contribution in [2.75, 3.05) is 27.3 Å². The molecule has 4 heteroatoms. The Morgan fingerprint density at radius 3 is 2.36 bits per heavy atom. The van der Waals surface area contributed by atoms with E-state index in [0.29, 0.717) is 24.5 Å². The van der Waals surface area contributed by atoms with Gasteiger partial charge in [-0.1, -0.05) is 30.3 Å². The zero-order chi connectivity index (χ0) is 15.9. The Kier molecular flexibility index (Phi) is 5.42. The van der Waals surface area contributed by atoms with E-state index in [2.05, 4.69) is 0 Å². The highest BCUT2D eigenvalue weighted by atomic mass is 16.5. The van der Waals surface area contributed by atoms with Crippen LogP contribution >= 0.6 is 0 Å². The molecule has 0 atom stereocenters. The first-order valence-electron chi connectivity index (χ1n) is 7.20. The maximum Gasteiger partial charge on any atom is 0.257 e. The molecule has 0 aliphatic heterocycles. The van der Waals surface area contributed by atoms with E-state index in [4.69, 9.17) is 9.47 Å². The minimum atomic E-state index is -0.0779. The second kappa shape index (κ2) is 7.50. The number of benzene rings is 2. The van der Waals surface area contributed by atoms with Crippen molar-refractivity contribution in [1.82, 2.24) is 4.90 Å². The summed E-state index contributed by atoms with van der Waals surface area (Å²) in [6.45, 7) is 2.95. The standard InChI is InChI=1S/C18H21NO3/c1-14-8-4-6-10-16(14)22-13-12-19(2)18(20)15-9-5-7-11-17(15)21-3/h4-11H,12-13H2,1-3H3. The third-order valence-corrected chi connectivity index (χ3v) is 3.46. The fourth-order valence-electron chi connectivity index (χ4n) is 2.14. The molecular formula is C18H21NO3. The molecule has 0 spiro atoms. The van der Waals surface area contributed by atoms with Crippen molar-refractivity contribution in [2.24, 2.45) is 0 Å². The summed E-state index contributed by atoms with van der Waals surface area (Å²) in [5, 5.41) is 0. The van der Waals surface area contributed by atoms with Crippen molar-refractivity contribution < 1.29 is 14.3 Å². The van der Waals surface area contributed by atoms with Gasteiger partial charge in [-0.15, -0.1) is 0 Å².